The van der Waals surface area contributed by atoms with Crippen molar-refractivity contribution in [3.63, 3.8) is 0 Å². The first-order chi connectivity index (χ1) is 8.90. The maximum atomic E-state index is 12.6. The quantitative estimate of drug-likeness (QED) is 0.837. The molecule has 0 atom stereocenters. The summed E-state index contributed by atoms with van der Waals surface area (Å²) in [4.78, 5) is 10.7. The lowest BCUT2D eigenvalue weighted by atomic mass is 10.0. The Morgan fingerprint density at radius 1 is 1.00 bits per heavy atom. The number of aromatic hydroxyl groups is 1. The van der Waals surface area contributed by atoms with E-state index in [4.69, 9.17) is 0 Å². The first kappa shape index (κ1) is 13.1. The molecule has 0 radical (unpaired) electrons. The Hall–Kier alpha value is -2.30. The van der Waals surface area contributed by atoms with E-state index in [0.29, 0.717) is 11.8 Å². The maximum Gasteiger partial charge on any atom is 0.416 e. The Kier molecular flexibility index (Phi) is 3.29. The van der Waals surface area contributed by atoms with E-state index in [1.54, 1.807) is 0 Å². The molecule has 0 saturated heterocycles. The second-order valence-corrected chi connectivity index (χ2v) is 4.01. The number of aldehydes is 1. The number of carbonyl (C=O) groups excluding carboxylic acids is 1. The molecule has 2 rings (SSSR count). The molecule has 1 N–H and O–H groups in total. The molecule has 0 saturated carbocycles. The van der Waals surface area contributed by atoms with E-state index in [-0.39, 0.29) is 16.9 Å². The van der Waals surface area contributed by atoms with Gasteiger partial charge >= 0.3 is 6.18 Å². The molecule has 0 aliphatic heterocycles. The highest BCUT2D eigenvalue weighted by molar-refractivity contribution is 5.80. The summed E-state index contributed by atoms with van der Waals surface area (Å²) >= 11 is 0. The summed E-state index contributed by atoms with van der Waals surface area (Å²) in [5.41, 5.74) is 0.0652. The maximum absolute atomic E-state index is 12.6. The van der Waals surface area contributed by atoms with Gasteiger partial charge in [0.25, 0.3) is 0 Å². The number of halogens is 3. The van der Waals surface area contributed by atoms with Crippen LogP contribution in [0.4, 0.5) is 13.2 Å². The van der Waals surface area contributed by atoms with Gasteiger partial charge in [0, 0.05) is 5.56 Å². The van der Waals surface area contributed by atoms with Crippen LogP contribution in [0, 0.1) is 0 Å². The number of alkyl halides is 3. The Bertz CT molecular complexity index is 618. The molecule has 2 aromatic rings. The van der Waals surface area contributed by atoms with E-state index in [2.05, 4.69) is 0 Å². The number of rotatable bonds is 2. The topological polar surface area (TPSA) is 37.3 Å². The Labute approximate surface area is 107 Å². The molecule has 19 heavy (non-hydrogen) atoms. The van der Waals surface area contributed by atoms with E-state index in [1.807, 2.05) is 0 Å². The Morgan fingerprint density at radius 3 is 2.37 bits per heavy atom. The number of phenols is 1. The van der Waals surface area contributed by atoms with E-state index in [9.17, 15) is 23.1 Å². The molecule has 98 valence electrons. The summed E-state index contributed by atoms with van der Waals surface area (Å²) in [6.07, 6.45) is -3.91. The molecule has 2 nitrogen and oxygen atoms in total. The van der Waals surface area contributed by atoms with Crippen molar-refractivity contribution < 1.29 is 23.1 Å². The molecule has 0 aliphatic carbocycles. The van der Waals surface area contributed by atoms with Crippen molar-refractivity contribution in [2.75, 3.05) is 0 Å². The van der Waals surface area contributed by atoms with E-state index >= 15 is 0 Å². The van der Waals surface area contributed by atoms with Gasteiger partial charge in [-0.1, -0.05) is 12.1 Å². The Balaban J connectivity index is 2.53. The molecule has 0 bridgehead atoms. The van der Waals surface area contributed by atoms with Crippen LogP contribution in [0.2, 0.25) is 0 Å². The molecular formula is C14H9F3O2. The highest BCUT2D eigenvalue weighted by atomic mass is 19.4. The lowest BCUT2D eigenvalue weighted by Gasteiger charge is -2.09. The summed E-state index contributed by atoms with van der Waals surface area (Å²) in [7, 11) is 0. The third-order valence-electron chi connectivity index (χ3n) is 2.60. The molecule has 0 spiro atoms. The van der Waals surface area contributed by atoms with Gasteiger partial charge in [0.15, 0.2) is 0 Å². The third-order valence-corrected chi connectivity index (χ3v) is 2.60. The van der Waals surface area contributed by atoms with Crippen LogP contribution in [0.1, 0.15) is 15.9 Å². The van der Waals surface area contributed by atoms with Crippen LogP contribution in [-0.4, -0.2) is 11.4 Å². The van der Waals surface area contributed by atoms with Gasteiger partial charge < -0.3 is 5.11 Å². The first-order valence-corrected chi connectivity index (χ1v) is 5.37. The van der Waals surface area contributed by atoms with Crippen LogP contribution in [-0.2, 0) is 6.18 Å². The van der Waals surface area contributed by atoms with Crippen molar-refractivity contribution in [2.45, 2.75) is 6.18 Å². The Morgan fingerprint density at radius 2 is 1.74 bits per heavy atom. The fourth-order valence-electron chi connectivity index (χ4n) is 1.74. The highest BCUT2D eigenvalue weighted by Gasteiger charge is 2.30. The normalized spacial score (nSPS) is 11.3. The van der Waals surface area contributed by atoms with Crippen molar-refractivity contribution in [3.8, 4) is 16.9 Å². The van der Waals surface area contributed by atoms with Gasteiger partial charge in [0.05, 0.1) is 5.56 Å². The molecule has 0 amide bonds. The van der Waals surface area contributed by atoms with E-state index in [1.165, 1.54) is 30.3 Å². The van der Waals surface area contributed by atoms with Crippen molar-refractivity contribution in [1.29, 1.82) is 0 Å². The summed E-state index contributed by atoms with van der Waals surface area (Å²) in [5.74, 6) is -0.169. The largest absolute Gasteiger partial charge is 0.508 e. The molecular weight excluding hydrogens is 257 g/mol. The average Bonchev–Trinajstić information content (AvgIpc) is 2.37. The van der Waals surface area contributed by atoms with E-state index < -0.39 is 11.7 Å². The van der Waals surface area contributed by atoms with Gasteiger partial charge in [-0.15, -0.1) is 0 Å². The van der Waals surface area contributed by atoms with Crippen LogP contribution in [0.15, 0.2) is 42.5 Å². The predicted molar refractivity (Wildman–Crippen MR) is 63.9 cm³/mol. The number of hydrogen-bond donors (Lipinski definition) is 1. The van der Waals surface area contributed by atoms with Crippen LogP contribution in [0.5, 0.6) is 5.75 Å². The van der Waals surface area contributed by atoms with Crippen molar-refractivity contribution in [2.24, 2.45) is 0 Å². The molecule has 2 aromatic carbocycles. The molecule has 0 fully saturated rings. The zero-order valence-corrected chi connectivity index (χ0v) is 9.61. The smallest absolute Gasteiger partial charge is 0.416 e. The van der Waals surface area contributed by atoms with E-state index in [0.717, 1.165) is 12.1 Å². The van der Waals surface area contributed by atoms with Gasteiger partial charge in [0.2, 0.25) is 0 Å². The van der Waals surface area contributed by atoms with Crippen LogP contribution < -0.4 is 0 Å². The zero-order chi connectivity index (χ0) is 14.0. The van der Waals surface area contributed by atoms with Gasteiger partial charge in [0.1, 0.15) is 12.0 Å². The number of hydrogen-bond acceptors (Lipinski definition) is 2. The summed E-state index contributed by atoms with van der Waals surface area (Å²) < 4.78 is 37.8. The third kappa shape index (κ3) is 2.93. The van der Waals surface area contributed by atoms with Crippen LogP contribution in [0.25, 0.3) is 11.1 Å². The second kappa shape index (κ2) is 4.76. The molecule has 0 aliphatic rings. The van der Waals surface area contributed by atoms with Gasteiger partial charge in [-0.25, -0.2) is 0 Å². The average molecular weight is 266 g/mol. The lowest BCUT2D eigenvalue weighted by Crippen LogP contribution is -2.04. The number of benzene rings is 2. The second-order valence-electron chi connectivity index (χ2n) is 4.01. The summed E-state index contributed by atoms with van der Waals surface area (Å²) in [5, 5.41) is 9.43. The fourth-order valence-corrected chi connectivity index (χ4v) is 1.74. The monoisotopic (exact) mass is 266 g/mol. The van der Waals surface area contributed by atoms with Crippen molar-refractivity contribution in [1.82, 2.24) is 0 Å². The minimum Gasteiger partial charge on any atom is -0.508 e. The molecule has 0 aromatic heterocycles. The van der Waals surface area contributed by atoms with Gasteiger partial charge in [-0.3, -0.25) is 4.79 Å². The fraction of sp³-hybridized carbons (Fsp3) is 0.0714. The lowest BCUT2D eigenvalue weighted by molar-refractivity contribution is -0.137. The number of carbonyl (C=O) groups is 1. The number of phenolic OH excluding ortho intramolecular Hbond substituents is 1. The van der Waals surface area contributed by atoms with Crippen molar-refractivity contribution >= 4 is 6.29 Å². The minimum atomic E-state index is -4.43. The molecule has 5 heteroatoms. The van der Waals surface area contributed by atoms with Gasteiger partial charge in [-0.05, 0) is 41.5 Å². The van der Waals surface area contributed by atoms with Crippen molar-refractivity contribution in [3.05, 3.63) is 53.6 Å². The summed E-state index contributed by atoms with van der Waals surface area (Å²) in [6, 6.07) is 8.67. The SMILES string of the molecule is O=Cc1cc(O)cc(-c2cccc(C(F)(F)F)c2)c1. The molecule has 0 heterocycles. The summed E-state index contributed by atoms with van der Waals surface area (Å²) in [6.45, 7) is 0. The standard InChI is InChI=1S/C14H9F3O2/c15-14(16,17)12-3-1-2-10(6-12)11-4-9(8-18)5-13(19)7-11/h1-8,19H. The highest BCUT2D eigenvalue weighted by Crippen LogP contribution is 2.33. The first-order valence-electron chi connectivity index (χ1n) is 5.37. The molecule has 0 unspecified atom stereocenters. The van der Waals surface area contributed by atoms with Crippen LogP contribution in [0.3, 0.4) is 0 Å². The van der Waals surface area contributed by atoms with Gasteiger partial charge in [-0.2, -0.15) is 13.2 Å². The van der Waals surface area contributed by atoms with Crippen LogP contribution >= 0.6 is 0 Å². The predicted octanol–water partition coefficient (Wildman–Crippen LogP) is 3.89. The zero-order valence-electron chi connectivity index (χ0n) is 9.61. The minimum absolute atomic E-state index is 0.169.